The average molecular weight is 446 g/mol. The second-order valence-electron chi connectivity index (χ2n) is 8.46. The number of imidazole rings is 1. The van der Waals surface area contributed by atoms with E-state index in [1.165, 1.54) is 5.56 Å². The van der Waals surface area contributed by atoms with Crippen LogP contribution < -0.4 is 5.73 Å². The number of anilines is 1. The van der Waals surface area contributed by atoms with Crippen molar-refractivity contribution in [1.29, 1.82) is 0 Å². The minimum absolute atomic E-state index is 0.0109. The Bertz CT molecular complexity index is 1600. The Morgan fingerprint density at radius 3 is 2.41 bits per heavy atom. The monoisotopic (exact) mass is 445 g/mol. The number of hydrogen-bond donors (Lipinski definition) is 2. The lowest BCUT2D eigenvalue weighted by Crippen LogP contribution is -2.11. The molecular formula is C27H23N7. The second-order valence-corrected chi connectivity index (χ2v) is 8.46. The van der Waals surface area contributed by atoms with Gasteiger partial charge < -0.3 is 10.3 Å². The van der Waals surface area contributed by atoms with Crippen LogP contribution in [0.1, 0.15) is 22.9 Å². The van der Waals surface area contributed by atoms with Crippen molar-refractivity contribution >= 4 is 28.0 Å². The maximum atomic E-state index is 6.14. The molecule has 7 heteroatoms. The molecule has 0 spiro atoms. The Morgan fingerprint density at radius 2 is 1.62 bits per heavy atom. The van der Waals surface area contributed by atoms with Crippen LogP contribution >= 0.6 is 0 Å². The molecular weight excluding hydrogens is 422 g/mol. The molecule has 0 aliphatic rings. The summed E-state index contributed by atoms with van der Waals surface area (Å²) in [5, 5.41) is 11.2. The van der Waals surface area contributed by atoms with Gasteiger partial charge in [0.15, 0.2) is 0 Å². The third-order valence-corrected chi connectivity index (χ3v) is 6.39. The van der Waals surface area contributed by atoms with Crippen LogP contribution in [0.15, 0.2) is 84.9 Å². The highest BCUT2D eigenvalue weighted by molar-refractivity contribution is 5.83. The number of pyridine rings is 1. The Morgan fingerprint density at radius 1 is 0.853 bits per heavy atom. The van der Waals surface area contributed by atoms with Gasteiger partial charge in [-0.15, -0.1) is 5.10 Å². The molecule has 0 unspecified atom stereocenters. The fraction of sp³-hybridized carbons (Fsp3) is 0.111. The van der Waals surface area contributed by atoms with E-state index >= 15 is 0 Å². The summed E-state index contributed by atoms with van der Waals surface area (Å²) >= 11 is 0. The van der Waals surface area contributed by atoms with Gasteiger partial charge in [-0.3, -0.25) is 0 Å². The van der Waals surface area contributed by atoms with E-state index in [1.54, 1.807) is 0 Å². The summed E-state index contributed by atoms with van der Waals surface area (Å²) < 4.78 is 2.17. The van der Waals surface area contributed by atoms with Crippen LogP contribution in [0.4, 0.5) is 5.82 Å². The van der Waals surface area contributed by atoms with Gasteiger partial charge in [-0.1, -0.05) is 66.7 Å². The number of aryl methyl sites for hydroxylation is 1. The van der Waals surface area contributed by atoms with Gasteiger partial charge in [0.05, 0.1) is 11.0 Å². The third-order valence-electron chi connectivity index (χ3n) is 6.39. The zero-order chi connectivity index (χ0) is 23.1. The molecule has 6 rings (SSSR count). The number of aromatic amines is 1. The van der Waals surface area contributed by atoms with Crippen molar-refractivity contribution < 1.29 is 0 Å². The summed E-state index contributed by atoms with van der Waals surface area (Å²) in [4.78, 5) is 9.37. The van der Waals surface area contributed by atoms with Crippen molar-refractivity contribution in [2.24, 2.45) is 7.05 Å². The maximum absolute atomic E-state index is 6.14. The minimum Gasteiger partial charge on any atom is -0.384 e. The van der Waals surface area contributed by atoms with Gasteiger partial charge in [0, 0.05) is 19.4 Å². The van der Waals surface area contributed by atoms with Crippen LogP contribution in [0.5, 0.6) is 0 Å². The number of rotatable bonds is 5. The number of hydrogen-bond acceptors (Lipinski definition) is 5. The lowest BCUT2D eigenvalue weighted by atomic mass is 9.88. The van der Waals surface area contributed by atoms with Gasteiger partial charge >= 0.3 is 0 Å². The molecule has 6 aromatic rings. The molecule has 0 saturated heterocycles. The topological polar surface area (TPSA) is 98.3 Å². The first-order chi connectivity index (χ1) is 16.7. The van der Waals surface area contributed by atoms with Crippen LogP contribution in [-0.4, -0.2) is 29.9 Å². The molecule has 3 N–H and O–H groups in total. The molecule has 0 amide bonds. The fourth-order valence-corrected chi connectivity index (χ4v) is 4.66. The predicted molar refractivity (Wildman–Crippen MR) is 134 cm³/mol. The number of fused-ring (bicyclic) bond motifs is 2. The van der Waals surface area contributed by atoms with Crippen LogP contribution in [0, 0.1) is 0 Å². The number of nitrogens with one attached hydrogen (secondary N) is 1. The number of nitrogens with two attached hydrogens (primary N) is 1. The van der Waals surface area contributed by atoms with Crippen LogP contribution in [0.2, 0.25) is 0 Å². The summed E-state index contributed by atoms with van der Waals surface area (Å²) in [5.74, 6) is 1.40. The Hall–Kier alpha value is -4.52. The first-order valence-corrected chi connectivity index (χ1v) is 11.2. The first kappa shape index (κ1) is 20.1. The maximum Gasteiger partial charge on any atom is 0.203 e. The van der Waals surface area contributed by atoms with Crippen molar-refractivity contribution in [3.05, 3.63) is 102 Å². The molecule has 0 aliphatic heterocycles. The predicted octanol–water partition coefficient (Wildman–Crippen LogP) is 4.86. The van der Waals surface area contributed by atoms with Gasteiger partial charge in [-0.2, -0.15) is 10.3 Å². The first-order valence-electron chi connectivity index (χ1n) is 11.2. The highest BCUT2D eigenvalue weighted by Gasteiger charge is 2.23. The third kappa shape index (κ3) is 3.47. The highest BCUT2D eigenvalue weighted by atomic mass is 15.3. The zero-order valence-corrected chi connectivity index (χ0v) is 18.7. The van der Waals surface area contributed by atoms with Gasteiger partial charge in [0.2, 0.25) is 5.65 Å². The van der Waals surface area contributed by atoms with Crippen molar-refractivity contribution in [3.63, 3.8) is 0 Å². The molecule has 3 aromatic heterocycles. The summed E-state index contributed by atoms with van der Waals surface area (Å²) in [6.45, 7) is 0. The van der Waals surface area contributed by atoms with Gasteiger partial charge in [-0.05, 0) is 40.5 Å². The molecule has 34 heavy (non-hydrogen) atoms. The smallest absolute Gasteiger partial charge is 0.203 e. The quantitative estimate of drug-likeness (QED) is 0.395. The average Bonchev–Trinajstić information content (AvgIpc) is 3.47. The molecule has 0 aliphatic carbocycles. The van der Waals surface area contributed by atoms with Gasteiger partial charge in [-0.25, -0.2) is 9.97 Å². The minimum atomic E-state index is -0.0109. The molecule has 1 atom stereocenters. The Labute approximate surface area is 196 Å². The SMILES string of the molecule is Cn1c(C[C@H](c2ccccc2)c2cc(N)nc3n[nH]nc23)nc2cc(-c3ccccc3)ccc21. The molecule has 0 saturated carbocycles. The number of H-pyrrole nitrogens is 1. The Balaban J connectivity index is 1.47. The van der Waals surface area contributed by atoms with E-state index in [0.717, 1.165) is 39.1 Å². The lowest BCUT2D eigenvalue weighted by Gasteiger charge is -2.18. The Kier molecular flexibility index (Phi) is 4.80. The van der Waals surface area contributed by atoms with E-state index < -0.39 is 0 Å². The summed E-state index contributed by atoms with van der Waals surface area (Å²) in [5.41, 5.74) is 14.0. The van der Waals surface area contributed by atoms with Crippen molar-refractivity contribution in [2.75, 3.05) is 5.73 Å². The van der Waals surface area contributed by atoms with E-state index in [-0.39, 0.29) is 5.92 Å². The lowest BCUT2D eigenvalue weighted by molar-refractivity contribution is 0.720. The molecule has 0 fully saturated rings. The zero-order valence-electron chi connectivity index (χ0n) is 18.7. The van der Waals surface area contributed by atoms with Gasteiger partial charge in [0.25, 0.3) is 0 Å². The number of nitrogens with zero attached hydrogens (tertiary/aromatic N) is 5. The number of benzene rings is 3. The van der Waals surface area contributed by atoms with Gasteiger partial charge in [0.1, 0.15) is 17.2 Å². The summed E-state index contributed by atoms with van der Waals surface area (Å²) in [7, 11) is 2.07. The summed E-state index contributed by atoms with van der Waals surface area (Å²) in [6, 6.07) is 29.1. The van der Waals surface area contributed by atoms with E-state index in [9.17, 15) is 0 Å². The van der Waals surface area contributed by atoms with Crippen molar-refractivity contribution in [1.82, 2.24) is 29.9 Å². The van der Waals surface area contributed by atoms with Crippen molar-refractivity contribution in [3.8, 4) is 11.1 Å². The molecule has 166 valence electrons. The normalized spacial score (nSPS) is 12.4. The standard InChI is InChI=1S/C27H23N7/c1-34-23-13-12-19(17-8-4-2-5-9-17)14-22(23)29-25(34)16-20(18-10-6-3-7-11-18)21-15-24(28)30-27-26(21)31-33-32-27/h2-15,20H,16H2,1H3,(H3,28,30,31,32,33)/t20-/m1/s1. The van der Waals surface area contributed by atoms with Crippen molar-refractivity contribution in [2.45, 2.75) is 12.3 Å². The number of aromatic nitrogens is 6. The molecule has 3 aromatic carbocycles. The molecule has 0 radical (unpaired) electrons. The van der Waals surface area contributed by atoms with Crippen LogP contribution in [0.25, 0.3) is 33.3 Å². The van der Waals surface area contributed by atoms with E-state index in [1.807, 2.05) is 30.3 Å². The highest BCUT2D eigenvalue weighted by Crippen LogP contribution is 2.34. The van der Waals surface area contributed by atoms with E-state index in [2.05, 4.69) is 86.6 Å². The largest absolute Gasteiger partial charge is 0.384 e. The molecule has 0 bridgehead atoms. The van der Waals surface area contributed by atoms with Crippen LogP contribution in [-0.2, 0) is 13.5 Å². The summed E-state index contributed by atoms with van der Waals surface area (Å²) in [6.07, 6.45) is 0.682. The molecule has 3 heterocycles. The molecule has 7 nitrogen and oxygen atoms in total. The second kappa shape index (κ2) is 8.12. The van der Waals surface area contributed by atoms with E-state index in [0.29, 0.717) is 17.9 Å². The van der Waals surface area contributed by atoms with Crippen LogP contribution in [0.3, 0.4) is 0 Å². The number of nitrogen functional groups attached to an aromatic ring is 1. The fourth-order valence-electron chi connectivity index (χ4n) is 4.66. The van der Waals surface area contributed by atoms with E-state index in [4.69, 9.17) is 10.7 Å².